The van der Waals surface area contributed by atoms with Gasteiger partial charge in [-0.15, -0.1) is 0 Å². The molecule has 0 amide bonds. The van der Waals surface area contributed by atoms with Crippen molar-refractivity contribution in [1.82, 2.24) is 5.32 Å². The molecule has 2 saturated heterocycles. The van der Waals surface area contributed by atoms with Crippen LogP contribution in [0.5, 0.6) is 11.5 Å². The molecule has 2 aliphatic heterocycles. The molecule has 1 aromatic carbocycles. The zero-order valence-corrected chi connectivity index (χ0v) is 11.1. The maximum atomic E-state index is 5.51. The van der Waals surface area contributed by atoms with Crippen molar-refractivity contribution >= 4 is 0 Å². The standard InChI is InChI=1S/C15H21NO2/c1-17-13-5-6-15(18-2)14(9-13)10-7-11-3-4-12(8-10)16-11/h5-6,9-12,16H,3-4,7-8H2,1-2H3/t10?,11-,12+. The Hall–Kier alpha value is -1.22. The van der Waals surface area contributed by atoms with Gasteiger partial charge in [0.15, 0.2) is 0 Å². The fraction of sp³-hybridized carbons (Fsp3) is 0.600. The van der Waals surface area contributed by atoms with Crippen LogP contribution in [0.4, 0.5) is 0 Å². The van der Waals surface area contributed by atoms with Crippen LogP contribution in [0, 0.1) is 0 Å². The van der Waals surface area contributed by atoms with E-state index >= 15 is 0 Å². The largest absolute Gasteiger partial charge is 0.497 e. The summed E-state index contributed by atoms with van der Waals surface area (Å²) in [7, 11) is 3.47. The second-order valence-electron chi connectivity index (χ2n) is 5.41. The lowest BCUT2D eigenvalue weighted by atomic mass is 9.85. The molecular weight excluding hydrogens is 226 g/mol. The number of hydrogen-bond donors (Lipinski definition) is 1. The van der Waals surface area contributed by atoms with Gasteiger partial charge >= 0.3 is 0 Å². The van der Waals surface area contributed by atoms with Crippen molar-refractivity contribution in [2.75, 3.05) is 14.2 Å². The van der Waals surface area contributed by atoms with Crippen LogP contribution in [0.25, 0.3) is 0 Å². The van der Waals surface area contributed by atoms with Crippen molar-refractivity contribution in [3.63, 3.8) is 0 Å². The van der Waals surface area contributed by atoms with E-state index in [4.69, 9.17) is 9.47 Å². The number of hydrogen-bond acceptors (Lipinski definition) is 3. The lowest BCUT2D eigenvalue weighted by molar-refractivity contribution is 0.345. The van der Waals surface area contributed by atoms with E-state index in [1.807, 2.05) is 12.1 Å². The first kappa shape index (κ1) is 11.8. The fourth-order valence-electron chi connectivity index (χ4n) is 3.47. The van der Waals surface area contributed by atoms with Crippen LogP contribution in [0.15, 0.2) is 18.2 Å². The third-order valence-corrected chi connectivity index (χ3v) is 4.35. The second-order valence-corrected chi connectivity index (χ2v) is 5.41. The van der Waals surface area contributed by atoms with Gasteiger partial charge in [0.1, 0.15) is 11.5 Å². The molecule has 2 fully saturated rings. The van der Waals surface area contributed by atoms with Gasteiger partial charge in [0.05, 0.1) is 14.2 Å². The van der Waals surface area contributed by atoms with Crippen molar-refractivity contribution in [2.45, 2.75) is 43.7 Å². The first-order valence-electron chi connectivity index (χ1n) is 6.78. The van der Waals surface area contributed by atoms with Crippen molar-refractivity contribution < 1.29 is 9.47 Å². The van der Waals surface area contributed by atoms with Crippen molar-refractivity contribution in [2.24, 2.45) is 0 Å². The lowest BCUT2D eigenvalue weighted by Gasteiger charge is -2.30. The number of methoxy groups -OCH3 is 2. The van der Waals surface area contributed by atoms with E-state index in [0.717, 1.165) is 11.5 Å². The molecule has 3 nitrogen and oxygen atoms in total. The van der Waals surface area contributed by atoms with E-state index in [9.17, 15) is 0 Å². The molecule has 0 saturated carbocycles. The summed E-state index contributed by atoms with van der Waals surface area (Å²) in [5, 5.41) is 3.68. The molecule has 3 rings (SSSR count). The predicted octanol–water partition coefficient (Wildman–Crippen LogP) is 2.70. The summed E-state index contributed by atoms with van der Waals surface area (Å²) in [6.45, 7) is 0. The molecule has 98 valence electrons. The summed E-state index contributed by atoms with van der Waals surface area (Å²) in [6.07, 6.45) is 5.10. The molecule has 2 heterocycles. The van der Waals surface area contributed by atoms with Gasteiger partial charge in [-0.3, -0.25) is 0 Å². The Morgan fingerprint density at radius 1 is 1.06 bits per heavy atom. The average Bonchev–Trinajstić information content (AvgIpc) is 2.76. The molecule has 1 N–H and O–H groups in total. The zero-order chi connectivity index (χ0) is 12.5. The molecule has 0 aromatic heterocycles. The fourth-order valence-corrected chi connectivity index (χ4v) is 3.47. The van der Waals surface area contributed by atoms with Gasteiger partial charge in [0.2, 0.25) is 0 Å². The van der Waals surface area contributed by atoms with Gasteiger partial charge in [-0.05, 0) is 49.8 Å². The highest BCUT2D eigenvalue weighted by atomic mass is 16.5. The molecule has 3 heteroatoms. The minimum absolute atomic E-state index is 0.605. The van der Waals surface area contributed by atoms with E-state index < -0.39 is 0 Å². The molecule has 3 atom stereocenters. The summed E-state index contributed by atoms with van der Waals surface area (Å²) in [5.41, 5.74) is 1.32. The Labute approximate surface area is 108 Å². The van der Waals surface area contributed by atoms with Gasteiger partial charge in [-0.1, -0.05) is 0 Å². The summed E-state index contributed by atoms with van der Waals surface area (Å²) < 4.78 is 10.9. The molecule has 2 bridgehead atoms. The number of rotatable bonds is 3. The van der Waals surface area contributed by atoms with E-state index in [0.29, 0.717) is 18.0 Å². The van der Waals surface area contributed by atoms with Crippen molar-refractivity contribution in [1.29, 1.82) is 0 Å². The SMILES string of the molecule is COc1ccc(OC)c(C2C[C@H]3CC[C@@H](C2)N3)c1. The maximum Gasteiger partial charge on any atom is 0.122 e. The Kier molecular flexibility index (Phi) is 3.16. The van der Waals surface area contributed by atoms with Crippen molar-refractivity contribution in [3.05, 3.63) is 23.8 Å². The first-order chi connectivity index (χ1) is 8.80. The predicted molar refractivity (Wildman–Crippen MR) is 71.5 cm³/mol. The molecular formula is C15H21NO2. The molecule has 18 heavy (non-hydrogen) atoms. The van der Waals surface area contributed by atoms with E-state index in [-0.39, 0.29) is 0 Å². The summed E-state index contributed by atoms with van der Waals surface area (Å²) in [5.74, 6) is 2.53. The Balaban J connectivity index is 1.90. The van der Waals surface area contributed by atoms with Gasteiger partial charge in [0.25, 0.3) is 0 Å². The molecule has 0 spiro atoms. The molecule has 1 aromatic rings. The quantitative estimate of drug-likeness (QED) is 0.891. The topological polar surface area (TPSA) is 30.5 Å². The van der Waals surface area contributed by atoms with Gasteiger partial charge in [-0.25, -0.2) is 0 Å². The number of ether oxygens (including phenoxy) is 2. The zero-order valence-electron chi connectivity index (χ0n) is 11.1. The van der Waals surface area contributed by atoms with E-state index in [1.165, 1.54) is 31.2 Å². The highest BCUT2D eigenvalue weighted by Crippen LogP contribution is 2.41. The Bertz CT molecular complexity index is 421. The minimum Gasteiger partial charge on any atom is -0.497 e. The number of nitrogens with one attached hydrogen (secondary N) is 1. The molecule has 1 unspecified atom stereocenters. The van der Waals surface area contributed by atoms with Crippen LogP contribution in [0.3, 0.4) is 0 Å². The average molecular weight is 247 g/mol. The maximum absolute atomic E-state index is 5.51. The van der Waals surface area contributed by atoms with Crippen molar-refractivity contribution in [3.8, 4) is 11.5 Å². The number of piperidine rings is 1. The van der Waals surface area contributed by atoms with Crippen LogP contribution < -0.4 is 14.8 Å². The molecule has 2 aliphatic rings. The van der Waals surface area contributed by atoms with Crippen LogP contribution in [-0.4, -0.2) is 26.3 Å². The monoisotopic (exact) mass is 247 g/mol. The van der Waals surface area contributed by atoms with Crippen LogP contribution in [0.2, 0.25) is 0 Å². The normalized spacial score (nSPS) is 30.2. The Morgan fingerprint density at radius 2 is 1.78 bits per heavy atom. The van der Waals surface area contributed by atoms with Gasteiger partial charge in [0, 0.05) is 17.6 Å². The second kappa shape index (κ2) is 4.81. The minimum atomic E-state index is 0.605. The first-order valence-corrected chi connectivity index (χ1v) is 6.78. The number of fused-ring (bicyclic) bond motifs is 2. The summed E-state index contributed by atoms with van der Waals surface area (Å²) >= 11 is 0. The smallest absolute Gasteiger partial charge is 0.122 e. The summed E-state index contributed by atoms with van der Waals surface area (Å²) in [6, 6.07) is 7.54. The third-order valence-electron chi connectivity index (χ3n) is 4.35. The molecule has 0 radical (unpaired) electrons. The van der Waals surface area contributed by atoms with E-state index in [2.05, 4.69) is 11.4 Å². The Morgan fingerprint density at radius 3 is 2.39 bits per heavy atom. The highest BCUT2D eigenvalue weighted by molar-refractivity contribution is 5.43. The number of benzene rings is 1. The van der Waals surface area contributed by atoms with Crippen LogP contribution in [0.1, 0.15) is 37.2 Å². The van der Waals surface area contributed by atoms with Gasteiger partial charge < -0.3 is 14.8 Å². The van der Waals surface area contributed by atoms with Crippen LogP contribution in [-0.2, 0) is 0 Å². The molecule has 0 aliphatic carbocycles. The van der Waals surface area contributed by atoms with Gasteiger partial charge in [-0.2, -0.15) is 0 Å². The van der Waals surface area contributed by atoms with E-state index in [1.54, 1.807) is 14.2 Å². The van der Waals surface area contributed by atoms with Crippen LogP contribution >= 0.6 is 0 Å². The summed E-state index contributed by atoms with van der Waals surface area (Å²) in [4.78, 5) is 0. The third kappa shape index (κ3) is 2.07. The highest BCUT2D eigenvalue weighted by Gasteiger charge is 2.35. The lowest BCUT2D eigenvalue weighted by Crippen LogP contribution is -2.37.